The third-order valence-corrected chi connectivity index (χ3v) is 6.47. The van der Waals surface area contributed by atoms with E-state index in [1.54, 1.807) is 4.90 Å². The van der Waals surface area contributed by atoms with Gasteiger partial charge in [-0.1, -0.05) is 36.3 Å². The molecule has 2 heterocycles. The minimum absolute atomic E-state index is 0.0175. The van der Waals surface area contributed by atoms with Gasteiger partial charge in [0.1, 0.15) is 0 Å². The van der Waals surface area contributed by atoms with Gasteiger partial charge in [-0.2, -0.15) is 0 Å². The van der Waals surface area contributed by atoms with E-state index in [9.17, 15) is 4.79 Å². The van der Waals surface area contributed by atoms with Crippen molar-refractivity contribution in [3.05, 3.63) is 59.7 Å². The van der Waals surface area contributed by atoms with Crippen LogP contribution in [-0.2, 0) is 15.1 Å². The Morgan fingerprint density at radius 2 is 1.77 bits per heavy atom. The molecule has 0 bridgehead atoms. The third-order valence-electron chi connectivity index (χ3n) is 6.47. The quantitative estimate of drug-likeness (QED) is 0.803. The average molecular weight is 399 g/mol. The first-order valence-electron chi connectivity index (χ1n) is 10.6. The molecule has 0 aromatic heterocycles. The van der Waals surface area contributed by atoms with Crippen LogP contribution in [0.4, 0.5) is 0 Å². The SMILES string of the molecule is C#Cc1cccc(-c2cccc(C3(C4CC4)N=C(N)N(C4CCOCC4)C3=O)c2)c1. The van der Waals surface area contributed by atoms with Crippen molar-refractivity contribution in [2.45, 2.75) is 37.3 Å². The first-order valence-corrected chi connectivity index (χ1v) is 10.6. The summed E-state index contributed by atoms with van der Waals surface area (Å²) in [6.07, 6.45) is 9.13. The van der Waals surface area contributed by atoms with Crippen LogP contribution in [0.3, 0.4) is 0 Å². The van der Waals surface area contributed by atoms with Gasteiger partial charge in [-0.15, -0.1) is 6.42 Å². The van der Waals surface area contributed by atoms with Crippen molar-refractivity contribution in [3.63, 3.8) is 0 Å². The molecular formula is C25H25N3O2. The molecule has 1 saturated heterocycles. The molecule has 5 heteroatoms. The summed E-state index contributed by atoms with van der Waals surface area (Å²) in [5.41, 5.74) is 9.24. The highest BCUT2D eigenvalue weighted by Crippen LogP contribution is 2.52. The lowest BCUT2D eigenvalue weighted by molar-refractivity contribution is -0.135. The van der Waals surface area contributed by atoms with Crippen molar-refractivity contribution in [1.82, 2.24) is 4.90 Å². The van der Waals surface area contributed by atoms with Gasteiger partial charge in [-0.3, -0.25) is 9.69 Å². The standard InChI is InChI=1S/C25H25N3O2/c1-2-17-5-3-6-18(15-17)19-7-4-8-21(16-19)25(20-9-10-20)23(29)28(24(26)27-25)22-11-13-30-14-12-22/h1,3-8,15-16,20,22H,9-14H2,(H2,26,27). The Hall–Kier alpha value is -3.10. The number of hydrogen-bond donors (Lipinski definition) is 1. The number of rotatable bonds is 4. The van der Waals surface area contributed by atoms with Crippen LogP contribution in [-0.4, -0.2) is 36.0 Å². The third kappa shape index (κ3) is 3.00. The zero-order chi connectivity index (χ0) is 20.7. The number of guanidine groups is 1. The van der Waals surface area contributed by atoms with Crippen LogP contribution in [0.2, 0.25) is 0 Å². The van der Waals surface area contributed by atoms with Crippen LogP contribution < -0.4 is 5.73 Å². The number of nitrogens with zero attached hydrogens (tertiary/aromatic N) is 2. The van der Waals surface area contributed by atoms with Gasteiger partial charge in [0, 0.05) is 24.8 Å². The van der Waals surface area contributed by atoms with E-state index in [1.165, 1.54) is 0 Å². The molecule has 1 aliphatic carbocycles. The van der Waals surface area contributed by atoms with Gasteiger partial charge >= 0.3 is 0 Å². The molecule has 3 aliphatic rings. The number of nitrogens with two attached hydrogens (primary N) is 1. The van der Waals surface area contributed by atoms with Crippen molar-refractivity contribution >= 4 is 11.9 Å². The van der Waals surface area contributed by atoms with Crippen molar-refractivity contribution in [2.75, 3.05) is 13.2 Å². The number of ether oxygens (including phenoxy) is 1. The largest absolute Gasteiger partial charge is 0.381 e. The van der Waals surface area contributed by atoms with E-state index in [0.717, 1.165) is 47.9 Å². The second kappa shape index (κ2) is 7.30. The van der Waals surface area contributed by atoms with E-state index in [0.29, 0.717) is 19.2 Å². The zero-order valence-electron chi connectivity index (χ0n) is 16.9. The van der Waals surface area contributed by atoms with Crippen LogP contribution in [0.5, 0.6) is 0 Å². The van der Waals surface area contributed by atoms with E-state index in [4.69, 9.17) is 21.9 Å². The molecule has 5 nitrogen and oxygen atoms in total. The number of amides is 1. The molecule has 0 spiro atoms. The number of aliphatic imine (C=N–C) groups is 1. The molecule has 1 amide bonds. The van der Waals surface area contributed by atoms with E-state index >= 15 is 0 Å². The topological polar surface area (TPSA) is 67.9 Å². The summed E-state index contributed by atoms with van der Waals surface area (Å²) in [6.45, 7) is 1.30. The molecule has 30 heavy (non-hydrogen) atoms. The molecule has 1 saturated carbocycles. The minimum Gasteiger partial charge on any atom is -0.381 e. The molecule has 2 aliphatic heterocycles. The Morgan fingerprint density at radius 1 is 1.07 bits per heavy atom. The lowest BCUT2D eigenvalue weighted by atomic mass is 9.83. The van der Waals surface area contributed by atoms with Crippen LogP contribution in [0, 0.1) is 18.3 Å². The van der Waals surface area contributed by atoms with Crippen LogP contribution in [0.25, 0.3) is 11.1 Å². The Kier molecular flexibility index (Phi) is 4.60. The Labute approximate surface area is 176 Å². The van der Waals surface area contributed by atoms with Gasteiger partial charge in [0.25, 0.3) is 5.91 Å². The lowest BCUT2D eigenvalue weighted by Gasteiger charge is -2.33. The van der Waals surface area contributed by atoms with E-state index in [2.05, 4.69) is 12.0 Å². The summed E-state index contributed by atoms with van der Waals surface area (Å²) in [5, 5.41) is 0. The molecule has 2 N–H and O–H groups in total. The predicted octanol–water partition coefficient (Wildman–Crippen LogP) is 3.28. The number of carbonyl (C=O) groups excluding carboxylic acids is 1. The number of terminal acetylenes is 1. The van der Waals surface area contributed by atoms with Gasteiger partial charge in [0.05, 0.1) is 0 Å². The van der Waals surface area contributed by atoms with E-state index < -0.39 is 5.54 Å². The molecule has 2 aromatic rings. The highest BCUT2D eigenvalue weighted by atomic mass is 16.5. The fraction of sp³-hybridized carbons (Fsp3) is 0.360. The summed E-state index contributed by atoms with van der Waals surface area (Å²) in [7, 11) is 0. The number of carbonyl (C=O) groups is 1. The van der Waals surface area contributed by atoms with Crippen LogP contribution in [0.15, 0.2) is 53.5 Å². The molecule has 152 valence electrons. The van der Waals surface area contributed by atoms with Crippen molar-refractivity contribution in [2.24, 2.45) is 16.6 Å². The smallest absolute Gasteiger partial charge is 0.262 e. The second-order valence-electron chi connectivity index (χ2n) is 8.34. The molecule has 2 fully saturated rings. The highest BCUT2D eigenvalue weighted by molar-refractivity contribution is 6.08. The summed E-state index contributed by atoms with van der Waals surface area (Å²) >= 11 is 0. The van der Waals surface area contributed by atoms with Crippen LogP contribution in [0.1, 0.15) is 36.8 Å². The zero-order valence-corrected chi connectivity index (χ0v) is 16.9. The summed E-state index contributed by atoms with van der Waals surface area (Å²) in [4.78, 5) is 20.4. The van der Waals surface area contributed by atoms with E-state index in [-0.39, 0.29) is 17.9 Å². The second-order valence-corrected chi connectivity index (χ2v) is 8.34. The summed E-state index contributed by atoms with van der Waals surface area (Å²) in [5.74, 6) is 3.25. The molecule has 0 radical (unpaired) electrons. The fourth-order valence-electron chi connectivity index (χ4n) is 4.78. The lowest BCUT2D eigenvalue weighted by Crippen LogP contribution is -2.51. The Morgan fingerprint density at radius 3 is 2.47 bits per heavy atom. The van der Waals surface area contributed by atoms with Gasteiger partial charge in [-0.05, 0) is 66.5 Å². The van der Waals surface area contributed by atoms with Gasteiger partial charge < -0.3 is 10.5 Å². The molecule has 1 atom stereocenters. The summed E-state index contributed by atoms with van der Waals surface area (Å²) in [6, 6.07) is 16.1. The van der Waals surface area contributed by atoms with Crippen LogP contribution >= 0.6 is 0 Å². The average Bonchev–Trinajstić information content (AvgIpc) is 3.60. The Balaban J connectivity index is 1.56. The first kappa shape index (κ1) is 18.9. The number of hydrogen-bond acceptors (Lipinski definition) is 4. The first-order chi connectivity index (χ1) is 14.6. The monoisotopic (exact) mass is 399 g/mol. The maximum absolute atomic E-state index is 13.8. The number of benzene rings is 2. The minimum atomic E-state index is -0.915. The van der Waals surface area contributed by atoms with Crippen molar-refractivity contribution in [3.8, 4) is 23.5 Å². The van der Waals surface area contributed by atoms with Gasteiger partial charge in [-0.25, -0.2) is 4.99 Å². The molecular weight excluding hydrogens is 374 g/mol. The normalized spacial score (nSPS) is 24.6. The maximum atomic E-state index is 13.8. The van der Waals surface area contributed by atoms with Crippen molar-refractivity contribution in [1.29, 1.82) is 0 Å². The van der Waals surface area contributed by atoms with Gasteiger partial charge in [0.15, 0.2) is 11.5 Å². The molecule has 5 rings (SSSR count). The summed E-state index contributed by atoms with van der Waals surface area (Å²) < 4.78 is 5.48. The van der Waals surface area contributed by atoms with Gasteiger partial charge in [0.2, 0.25) is 0 Å². The predicted molar refractivity (Wildman–Crippen MR) is 117 cm³/mol. The van der Waals surface area contributed by atoms with E-state index in [1.807, 2.05) is 42.5 Å². The fourth-order valence-corrected chi connectivity index (χ4v) is 4.78. The molecule has 2 aromatic carbocycles. The highest BCUT2D eigenvalue weighted by Gasteiger charge is 2.59. The Bertz CT molecular complexity index is 1060. The van der Waals surface area contributed by atoms with Crippen molar-refractivity contribution < 1.29 is 9.53 Å². The molecule has 1 unspecified atom stereocenters. The maximum Gasteiger partial charge on any atom is 0.262 e.